The van der Waals surface area contributed by atoms with Crippen molar-refractivity contribution in [3.8, 4) is 5.75 Å². The first-order valence-corrected chi connectivity index (χ1v) is 10.2. The number of nitrogens with one attached hydrogen (secondary N) is 2. The predicted octanol–water partition coefficient (Wildman–Crippen LogP) is 5.70. The summed E-state index contributed by atoms with van der Waals surface area (Å²) in [5.41, 5.74) is 0.780. The molecular weight excluding hydrogens is 468 g/mol. The van der Waals surface area contributed by atoms with Gasteiger partial charge in [0.05, 0.1) is 16.5 Å². The largest absolute Gasteiger partial charge is 0.573 e. The number of halogens is 5. The Hall–Kier alpha value is -2.57. The van der Waals surface area contributed by atoms with E-state index in [9.17, 15) is 22.4 Å². The smallest absolute Gasteiger partial charge is 0.406 e. The SMILES string of the molecule is O=C(CSc1nnc(Nc2ccc(OC(F)(F)F)cc2)s1)Nc1ccc(F)cc1Cl. The maximum atomic E-state index is 13.0. The second kappa shape index (κ2) is 9.49. The van der Waals surface area contributed by atoms with Crippen LogP contribution in [0.15, 0.2) is 46.8 Å². The molecule has 158 valence electrons. The molecule has 0 spiro atoms. The summed E-state index contributed by atoms with van der Waals surface area (Å²) >= 11 is 8.14. The number of rotatable bonds is 7. The number of hydrogen-bond acceptors (Lipinski definition) is 7. The summed E-state index contributed by atoms with van der Waals surface area (Å²) in [7, 11) is 0. The minimum Gasteiger partial charge on any atom is -0.406 e. The number of carbonyl (C=O) groups is 1. The number of aromatic nitrogens is 2. The second-order valence-electron chi connectivity index (χ2n) is 5.53. The fourth-order valence-electron chi connectivity index (χ4n) is 2.09. The van der Waals surface area contributed by atoms with E-state index in [0.29, 0.717) is 20.8 Å². The Morgan fingerprint density at radius 2 is 1.90 bits per heavy atom. The van der Waals surface area contributed by atoms with E-state index < -0.39 is 12.2 Å². The Morgan fingerprint density at radius 3 is 2.57 bits per heavy atom. The molecule has 0 radical (unpaired) electrons. The van der Waals surface area contributed by atoms with Crippen LogP contribution in [0.4, 0.5) is 34.1 Å². The second-order valence-corrected chi connectivity index (χ2v) is 8.14. The van der Waals surface area contributed by atoms with E-state index in [2.05, 4.69) is 25.6 Å². The summed E-state index contributed by atoms with van der Waals surface area (Å²) in [6.45, 7) is 0. The average Bonchev–Trinajstić information content (AvgIpc) is 3.10. The number of benzene rings is 2. The lowest BCUT2D eigenvalue weighted by atomic mass is 10.3. The van der Waals surface area contributed by atoms with Gasteiger partial charge in [-0.2, -0.15) is 0 Å². The summed E-state index contributed by atoms with van der Waals surface area (Å²) in [6.07, 6.45) is -4.76. The van der Waals surface area contributed by atoms with E-state index in [-0.39, 0.29) is 22.4 Å². The first kappa shape index (κ1) is 22.1. The molecule has 0 unspecified atom stereocenters. The molecule has 1 heterocycles. The van der Waals surface area contributed by atoms with Crippen LogP contribution in [0.2, 0.25) is 5.02 Å². The molecule has 2 N–H and O–H groups in total. The van der Waals surface area contributed by atoms with Gasteiger partial charge in [0.1, 0.15) is 11.6 Å². The topological polar surface area (TPSA) is 76.1 Å². The molecule has 0 atom stereocenters. The van der Waals surface area contributed by atoms with Crippen molar-refractivity contribution in [3.05, 3.63) is 53.3 Å². The van der Waals surface area contributed by atoms with E-state index in [1.807, 2.05) is 0 Å². The molecule has 0 aliphatic heterocycles. The standard InChI is InChI=1S/C17H11ClF4N4O2S2/c18-12-7-9(19)1-6-13(12)24-14(27)8-29-16-26-25-15(30-16)23-10-2-4-11(5-3-10)28-17(20,21)22/h1-7H,8H2,(H,23,25)(H,24,27). The van der Waals surface area contributed by atoms with E-state index in [1.54, 1.807) is 0 Å². The number of anilines is 3. The highest BCUT2D eigenvalue weighted by molar-refractivity contribution is 8.01. The molecule has 0 aliphatic rings. The summed E-state index contributed by atoms with van der Waals surface area (Å²) in [5, 5.41) is 13.8. The van der Waals surface area contributed by atoms with Gasteiger partial charge in [-0.3, -0.25) is 4.79 Å². The Morgan fingerprint density at radius 1 is 1.17 bits per heavy atom. The molecule has 1 amide bonds. The van der Waals surface area contributed by atoms with Crippen LogP contribution in [0.3, 0.4) is 0 Å². The molecule has 0 saturated heterocycles. The normalized spacial score (nSPS) is 11.2. The Bertz CT molecular complexity index is 1030. The summed E-state index contributed by atoms with van der Waals surface area (Å²) in [5.74, 6) is -1.19. The van der Waals surface area contributed by atoms with E-state index >= 15 is 0 Å². The molecule has 0 aliphatic carbocycles. The van der Waals surface area contributed by atoms with Crippen molar-refractivity contribution in [1.29, 1.82) is 0 Å². The number of thioether (sulfide) groups is 1. The maximum absolute atomic E-state index is 13.0. The van der Waals surface area contributed by atoms with Gasteiger partial charge >= 0.3 is 6.36 Å². The van der Waals surface area contributed by atoms with Gasteiger partial charge in [-0.1, -0.05) is 34.7 Å². The quantitative estimate of drug-likeness (QED) is 0.335. The van der Waals surface area contributed by atoms with Crippen molar-refractivity contribution in [3.63, 3.8) is 0 Å². The number of ether oxygens (including phenoxy) is 1. The van der Waals surface area contributed by atoms with Crippen LogP contribution in [0.25, 0.3) is 0 Å². The molecule has 0 saturated carbocycles. The summed E-state index contributed by atoms with van der Waals surface area (Å²) in [6, 6.07) is 8.76. The van der Waals surface area contributed by atoms with E-state index in [0.717, 1.165) is 41.3 Å². The predicted molar refractivity (Wildman–Crippen MR) is 107 cm³/mol. The number of carbonyl (C=O) groups excluding carboxylic acids is 1. The first-order chi connectivity index (χ1) is 14.2. The van der Waals surface area contributed by atoms with E-state index in [4.69, 9.17) is 11.6 Å². The fourth-order valence-corrected chi connectivity index (χ4v) is 3.87. The third kappa shape index (κ3) is 6.75. The van der Waals surface area contributed by atoms with Crippen molar-refractivity contribution >= 4 is 57.1 Å². The van der Waals surface area contributed by atoms with Crippen LogP contribution in [0, 0.1) is 5.82 Å². The van der Waals surface area contributed by atoms with Crippen molar-refractivity contribution in [1.82, 2.24) is 10.2 Å². The maximum Gasteiger partial charge on any atom is 0.573 e. The number of hydrogen-bond donors (Lipinski definition) is 2. The lowest BCUT2D eigenvalue weighted by molar-refractivity contribution is -0.274. The number of nitrogens with zero attached hydrogens (tertiary/aromatic N) is 2. The summed E-state index contributed by atoms with van der Waals surface area (Å²) in [4.78, 5) is 12.0. The zero-order chi connectivity index (χ0) is 21.7. The Kier molecular flexibility index (Phi) is 7.00. The van der Waals surface area contributed by atoms with Gasteiger partial charge < -0.3 is 15.4 Å². The van der Waals surface area contributed by atoms with Crippen LogP contribution in [0.1, 0.15) is 0 Å². The lowest BCUT2D eigenvalue weighted by Gasteiger charge is -2.09. The molecule has 2 aromatic carbocycles. The molecule has 6 nitrogen and oxygen atoms in total. The fraction of sp³-hybridized carbons (Fsp3) is 0.118. The highest BCUT2D eigenvalue weighted by Gasteiger charge is 2.30. The monoisotopic (exact) mass is 478 g/mol. The van der Waals surface area contributed by atoms with Crippen LogP contribution in [-0.4, -0.2) is 28.2 Å². The highest BCUT2D eigenvalue weighted by atomic mass is 35.5. The zero-order valence-corrected chi connectivity index (χ0v) is 17.1. The first-order valence-electron chi connectivity index (χ1n) is 8.02. The summed E-state index contributed by atoms with van der Waals surface area (Å²) < 4.78 is 53.8. The van der Waals surface area contributed by atoms with Gasteiger partial charge in [-0.15, -0.1) is 23.4 Å². The van der Waals surface area contributed by atoms with Crippen molar-refractivity contribution < 1.29 is 27.1 Å². The lowest BCUT2D eigenvalue weighted by Crippen LogP contribution is -2.16. The zero-order valence-electron chi connectivity index (χ0n) is 14.7. The molecule has 3 rings (SSSR count). The van der Waals surface area contributed by atoms with Gasteiger partial charge in [-0.25, -0.2) is 4.39 Å². The van der Waals surface area contributed by atoms with Gasteiger partial charge in [0, 0.05) is 5.69 Å². The third-order valence-electron chi connectivity index (χ3n) is 3.28. The number of amides is 1. The number of alkyl halides is 3. The molecule has 13 heteroatoms. The van der Waals surface area contributed by atoms with Crippen LogP contribution >= 0.6 is 34.7 Å². The minimum absolute atomic E-state index is 0.0197. The molecule has 30 heavy (non-hydrogen) atoms. The third-order valence-corrected chi connectivity index (χ3v) is 5.56. The molecular formula is C17H11ClF4N4O2S2. The van der Waals surface area contributed by atoms with E-state index in [1.165, 1.54) is 24.3 Å². The van der Waals surface area contributed by atoms with Crippen LogP contribution < -0.4 is 15.4 Å². The van der Waals surface area contributed by atoms with Crippen molar-refractivity contribution in [2.45, 2.75) is 10.7 Å². The molecule has 1 aromatic heterocycles. The van der Waals surface area contributed by atoms with Crippen LogP contribution in [0.5, 0.6) is 5.75 Å². The molecule has 0 bridgehead atoms. The van der Waals surface area contributed by atoms with Gasteiger partial charge in [0.15, 0.2) is 4.34 Å². The van der Waals surface area contributed by atoms with Crippen LogP contribution in [-0.2, 0) is 4.79 Å². The average molecular weight is 479 g/mol. The van der Waals surface area contributed by atoms with Crippen molar-refractivity contribution in [2.24, 2.45) is 0 Å². The van der Waals surface area contributed by atoms with Gasteiger partial charge in [-0.05, 0) is 42.5 Å². The highest BCUT2D eigenvalue weighted by Crippen LogP contribution is 2.30. The molecule has 0 fully saturated rings. The molecule has 3 aromatic rings. The Labute approximate surface area is 180 Å². The van der Waals surface area contributed by atoms with Gasteiger partial charge in [0.2, 0.25) is 11.0 Å². The van der Waals surface area contributed by atoms with Crippen molar-refractivity contribution in [2.75, 3.05) is 16.4 Å². The van der Waals surface area contributed by atoms with Gasteiger partial charge in [0.25, 0.3) is 0 Å². The Balaban J connectivity index is 1.50. The minimum atomic E-state index is -4.76.